The van der Waals surface area contributed by atoms with E-state index in [4.69, 9.17) is 5.73 Å². The van der Waals surface area contributed by atoms with E-state index in [-0.39, 0.29) is 0 Å². The minimum Gasteiger partial charge on any atom is -0.329 e. The van der Waals surface area contributed by atoms with Gasteiger partial charge in [-0.05, 0) is 31.0 Å². The molecule has 0 aliphatic heterocycles. The Hall–Kier alpha value is -0.380. The van der Waals surface area contributed by atoms with E-state index in [1.807, 2.05) is 0 Å². The van der Waals surface area contributed by atoms with Crippen LogP contribution in [0.25, 0.3) is 0 Å². The van der Waals surface area contributed by atoms with Crippen LogP contribution in [-0.4, -0.2) is 12.6 Å². The van der Waals surface area contributed by atoms with Gasteiger partial charge >= 0.3 is 0 Å². The second-order valence-electron chi connectivity index (χ2n) is 3.61. The topological polar surface area (TPSA) is 38.0 Å². The Morgan fingerprint density at radius 2 is 2.21 bits per heavy atom. The van der Waals surface area contributed by atoms with Crippen molar-refractivity contribution in [3.05, 3.63) is 33.8 Å². The first-order valence-corrected chi connectivity index (χ1v) is 5.61. The van der Waals surface area contributed by atoms with Gasteiger partial charge in [0, 0.05) is 23.6 Å². The highest BCUT2D eigenvalue weighted by Crippen LogP contribution is 2.18. The van der Waals surface area contributed by atoms with Crippen molar-refractivity contribution >= 4 is 15.9 Å². The standard InChI is InChI=1S/C11H17BrN2/c1-8-3-4-10(11(12)5-8)7-14-9(2)6-13/h3-5,9,14H,6-7,13H2,1-2H3/t9-/m0/s1. The zero-order chi connectivity index (χ0) is 10.6. The van der Waals surface area contributed by atoms with Crippen LogP contribution in [0.15, 0.2) is 22.7 Å². The van der Waals surface area contributed by atoms with Crippen LogP contribution in [0.5, 0.6) is 0 Å². The van der Waals surface area contributed by atoms with E-state index in [2.05, 4.69) is 53.3 Å². The van der Waals surface area contributed by atoms with Crippen LogP contribution in [0.4, 0.5) is 0 Å². The zero-order valence-corrected chi connectivity index (χ0v) is 10.3. The molecule has 0 aromatic heterocycles. The molecule has 1 rings (SSSR count). The molecule has 0 bridgehead atoms. The van der Waals surface area contributed by atoms with Crippen molar-refractivity contribution in [3.63, 3.8) is 0 Å². The highest BCUT2D eigenvalue weighted by atomic mass is 79.9. The third kappa shape index (κ3) is 3.40. The van der Waals surface area contributed by atoms with Gasteiger partial charge in [0.15, 0.2) is 0 Å². The van der Waals surface area contributed by atoms with Gasteiger partial charge in [-0.3, -0.25) is 0 Å². The minimum atomic E-state index is 0.364. The van der Waals surface area contributed by atoms with Crippen molar-refractivity contribution in [2.45, 2.75) is 26.4 Å². The third-order valence-electron chi connectivity index (χ3n) is 2.20. The summed E-state index contributed by atoms with van der Waals surface area (Å²) in [5.41, 5.74) is 8.07. The average molecular weight is 257 g/mol. The molecule has 1 aromatic rings. The van der Waals surface area contributed by atoms with E-state index in [0.717, 1.165) is 11.0 Å². The molecule has 0 saturated heterocycles. The Bertz CT molecular complexity index is 299. The van der Waals surface area contributed by atoms with Crippen molar-refractivity contribution in [1.29, 1.82) is 0 Å². The maximum absolute atomic E-state index is 5.52. The van der Waals surface area contributed by atoms with E-state index in [1.165, 1.54) is 11.1 Å². The summed E-state index contributed by atoms with van der Waals surface area (Å²) in [4.78, 5) is 0. The van der Waals surface area contributed by atoms with Crippen LogP contribution in [0.2, 0.25) is 0 Å². The fraction of sp³-hybridized carbons (Fsp3) is 0.455. The fourth-order valence-electron chi connectivity index (χ4n) is 1.16. The highest BCUT2D eigenvalue weighted by Gasteiger charge is 2.02. The number of halogens is 1. The molecule has 0 saturated carbocycles. The van der Waals surface area contributed by atoms with Crippen molar-refractivity contribution in [2.75, 3.05) is 6.54 Å². The maximum Gasteiger partial charge on any atom is 0.0222 e. The Balaban J connectivity index is 2.59. The second-order valence-corrected chi connectivity index (χ2v) is 4.47. The minimum absolute atomic E-state index is 0.364. The monoisotopic (exact) mass is 256 g/mol. The lowest BCUT2D eigenvalue weighted by Gasteiger charge is -2.12. The third-order valence-corrected chi connectivity index (χ3v) is 2.94. The molecular weight excluding hydrogens is 240 g/mol. The molecule has 0 aliphatic rings. The van der Waals surface area contributed by atoms with Crippen LogP contribution in [0, 0.1) is 6.92 Å². The lowest BCUT2D eigenvalue weighted by Crippen LogP contribution is -2.32. The van der Waals surface area contributed by atoms with Crippen molar-refractivity contribution in [3.8, 4) is 0 Å². The first-order valence-electron chi connectivity index (χ1n) is 4.82. The van der Waals surface area contributed by atoms with Crippen LogP contribution < -0.4 is 11.1 Å². The number of hydrogen-bond acceptors (Lipinski definition) is 2. The SMILES string of the molecule is Cc1ccc(CN[C@@H](C)CN)c(Br)c1. The number of hydrogen-bond donors (Lipinski definition) is 2. The molecule has 0 radical (unpaired) electrons. The van der Waals surface area contributed by atoms with Crippen LogP contribution in [0.1, 0.15) is 18.1 Å². The Morgan fingerprint density at radius 3 is 2.79 bits per heavy atom. The summed E-state index contributed by atoms with van der Waals surface area (Å²) < 4.78 is 1.16. The quantitative estimate of drug-likeness (QED) is 0.867. The Morgan fingerprint density at radius 1 is 1.50 bits per heavy atom. The molecule has 2 nitrogen and oxygen atoms in total. The normalized spacial score (nSPS) is 12.9. The Kier molecular flexibility index (Phi) is 4.58. The van der Waals surface area contributed by atoms with E-state index in [9.17, 15) is 0 Å². The molecule has 3 N–H and O–H groups in total. The van der Waals surface area contributed by atoms with Gasteiger partial charge in [0.1, 0.15) is 0 Å². The predicted octanol–water partition coefficient (Wildman–Crippen LogP) is 2.19. The largest absolute Gasteiger partial charge is 0.329 e. The molecule has 0 unspecified atom stereocenters. The molecule has 0 aliphatic carbocycles. The molecule has 0 spiro atoms. The molecular formula is C11H17BrN2. The first-order chi connectivity index (χ1) is 6.63. The van der Waals surface area contributed by atoms with Gasteiger partial charge in [0.2, 0.25) is 0 Å². The predicted molar refractivity (Wildman–Crippen MR) is 64.2 cm³/mol. The fourth-order valence-corrected chi connectivity index (χ4v) is 1.80. The van der Waals surface area contributed by atoms with Gasteiger partial charge in [0.05, 0.1) is 0 Å². The molecule has 0 heterocycles. The number of aryl methyl sites for hydroxylation is 1. The highest BCUT2D eigenvalue weighted by molar-refractivity contribution is 9.10. The molecule has 1 atom stereocenters. The van der Waals surface area contributed by atoms with Crippen molar-refractivity contribution in [1.82, 2.24) is 5.32 Å². The van der Waals surface area contributed by atoms with Gasteiger partial charge in [-0.15, -0.1) is 0 Å². The lowest BCUT2D eigenvalue weighted by molar-refractivity contribution is 0.555. The summed E-state index contributed by atoms with van der Waals surface area (Å²) in [6.07, 6.45) is 0. The summed E-state index contributed by atoms with van der Waals surface area (Å²) in [6, 6.07) is 6.75. The number of benzene rings is 1. The molecule has 78 valence electrons. The number of rotatable bonds is 4. The summed E-state index contributed by atoms with van der Waals surface area (Å²) in [6.45, 7) is 5.70. The molecule has 14 heavy (non-hydrogen) atoms. The van der Waals surface area contributed by atoms with E-state index in [1.54, 1.807) is 0 Å². The van der Waals surface area contributed by atoms with Gasteiger partial charge in [-0.1, -0.05) is 28.1 Å². The average Bonchev–Trinajstić information content (AvgIpc) is 2.16. The summed E-state index contributed by atoms with van der Waals surface area (Å²) in [7, 11) is 0. The van der Waals surface area contributed by atoms with Crippen molar-refractivity contribution in [2.24, 2.45) is 5.73 Å². The maximum atomic E-state index is 5.52. The van der Waals surface area contributed by atoms with Crippen LogP contribution >= 0.6 is 15.9 Å². The number of nitrogens with one attached hydrogen (secondary N) is 1. The van der Waals surface area contributed by atoms with Crippen LogP contribution in [0.3, 0.4) is 0 Å². The smallest absolute Gasteiger partial charge is 0.0222 e. The molecule has 1 aromatic carbocycles. The van der Waals surface area contributed by atoms with Crippen LogP contribution in [-0.2, 0) is 6.54 Å². The molecule has 3 heteroatoms. The Labute approximate surface area is 94.0 Å². The van der Waals surface area contributed by atoms with Gasteiger partial charge in [0.25, 0.3) is 0 Å². The number of nitrogens with two attached hydrogens (primary N) is 1. The molecule has 0 fully saturated rings. The van der Waals surface area contributed by atoms with E-state index >= 15 is 0 Å². The van der Waals surface area contributed by atoms with Gasteiger partial charge in [-0.25, -0.2) is 0 Å². The van der Waals surface area contributed by atoms with Gasteiger partial charge in [-0.2, -0.15) is 0 Å². The van der Waals surface area contributed by atoms with E-state index < -0.39 is 0 Å². The summed E-state index contributed by atoms with van der Waals surface area (Å²) in [5.74, 6) is 0. The van der Waals surface area contributed by atoms with Gasteiger partial charge < -0.3 is 11.1 Å². The van der Waals surface area contributed by atoms with Crippen molar-refractivity contribution < 1.29 is 0 Å². The zero-order valence-electron chi connectivity index (χ0n) is 8.68. The summed E-state index contributed by atoms with van der Waals surface area (Å²) >= 11 is 3.55. The second kappa shape index (κ2) is 5.49. The summed E-state index contributed by atoms with van der Waals surface area (Å²) in [5, 5.41) is 3.35. The van der Waals surface area contributed by atoms with E-state index in [0.29, 0.717) is 12.6 Å². The molecule has 0 amide bonds. The lowest BCUT2D eigenvalue weighted by atomic mass is 10.1. The first kappa shape index (κ1) is 11.7.